The van der Waals surface area contributed by atoms with Crippen LogP contribution in [0.5, 0.6) is 0 Å². The van der Waals surface area contributed by atoms with E-state index < -0.39 is 11.9 Å². The standard InChI is InChI=1S/C27H21N7O7/c1-13(2)22-27-29-15(8-39-27)6-21-31-17(11-37-21)24-28-14(7-38-24)4-3-5-20-30-18(10-36-20)25-33-19(12-41-25)26-32-16(9-40-26)23(35)34-22/h3-4,7-13,22H,5-6H2,1-2H3,(H,34,35)/b4-3+. The van der Waals surface area contributed by atoms with Gasteiger partial charge in [-0.25, -0.2) is 29.9 Å². The number of hydrogen-bond donors (Lipinski definition) is 1. The summed E-state index contributed by atoms with van der Waals surface area (Å²) in [4.78, 5) is 39.6. The van der Waals surface area contributed by atoms with Gasteiger partial charge in [0.25, 0.3) is 5.91 Å². The number of allylic oxidation sites excluding steroid dienone is 1. The Morgan fingerprint density at radius 2 is 1.34 bits per heavy atom. The lowest BCUT2D eigenvalue weighted by atomic mass is 10.0. The Labute approximate surface area is 230 Å². The predicted molar refractivity (Wildman–Crippen MR) is 137 cm³/mol. The zero-order valence-corrected chi connectivity index (χ0v) is 21.7. The number of fused-ring (bicyclic) bond motifs is 15. The lowest BCUT2D eigenvalue weighted by Gasteiger charge is -2.18. The van der Waals surface area contributed by atoms with E-state index in [-0.39, 0.29) is 29.8 Å². The SMILES string of the molecule is CC(C)C1NC(=O)c2coc(n2)-c2coc(n2)-c2coc(n2)C/C=C/c2coc(n2)-c2coc(n2)Cc2coc1n2. The minimum absolute atomic E-state index is 0.0495. The maximum absolute atomic E-state index is 13.1. The number of rotatable bonds is 1. The van der Waals surface area contributed by atoms with Crippen LogP contribution < -0.4 is 5.32 Å². The van der Waals surface area contributed by atoms with Crippen molar-refractivity contribution >= 4 is 12.0 Å². The van der Waals surface area contributed by atoms with E-state index in [9.17, 15) is 4.79 Å². The van der Waals surface area contributed by atoms with Crippen molar-refractivity contribution in [1.29, 1.82) is 0 Å². The van der Waals surface area contributed by atoms with Crippen LogP contribution >= 0.6 is 0 Å². The fraction of sp³-hybridized carbons (Fsp3) is 0.222. The minimum Gasteiger partial charge on any atom is -0.448 e. The minimum atomic E-state index is -0.537. The molecule has 7 rings (SSSR count). The molecule has 12 bridgehead atoms. The van der Waals surface area contributed by atoms with E-state index in [2.05, 4.69) is 35.2 Å². The molecule has 1 amide bonds. The molecule has 1 unspecified atom stereocenters. The fourth-order valence-electron chi connectivity index (χ4n) is 4.17. The van der Waals surface area contributed by atoms with Gasteiger partial charge in [-0.1, -0.05) is 19.9 Å². The third kappa shape index (κ3) is 4.86. The van der Waals surface area contributed by atoms with E-state index in [0.717, 1.165) is 0 Å². The number of carbonyl (C=O) groups is 1. The predicted octanol–water partition coefficient (Wildman–Crippen LogP) is 4.90. The molecule has 1 atom stereocenters. The second-order valence-electron chi connectivity index (χ2n) is 9.56. The van der Waals surface area contributed by atoms with Gasteiger partial charge in [-0.05, 0) is 12.0 Å². The largest absolute Gasteiger partial charge is 0.448 e. The molecule has 0 fully saturated rings. The van der Waals surface area contributed by atoms with Gasteiger partial charge in [-0.2, -0.15) is 0 Å². The highest BCUT2D eigenvalue weighted by Crippen LogP contribution is 2.27. The van der Waals surface area contributed by atoms with Crippen LogP contribution in [0, 0.1) is 5.92 Å². The molecule has 1 aliphatic heterocycles. The molecule has 1 aliphatic rings. The van der Waals surface area contributed by atoms with Crippen LogP contribution in [0.3, 0.4) is 0 Å². The van der Waals surface area contributed by atoms with Crippen LogP contribution in [-0.2, 0) is 12.8 Å². The third-order valence-corrected chi connectivity index (χ3v) is 6.23. The summed E-state index contributed by atoms with van der Waals surface area (Å²) in [5, 5.41) is 2.92. The quantitative estimate of drug-likeness (QED) is 0.289. The van der Waals surface area contributed by atoms with Crippen molar-refractivity contribution in [1.82, 2.24) is 35.2 Å². The van der Waals surface area contributed by atoms with E-state index >= 15 is 0 Å². The van der Waals surface area contributed by atoms with E-state index in [4.69, 9.17) is 26.5 Å². The summed E-state index contributed by atoms with van der Waals surface area (Å²) >= 11 is 0. The van der Waals surface area contributed by atoms with Gasteiger partial charge >= 0.3 is 0 Å². The van der Waals surface area contributed by atoms with Crippen LogP contribution in [0.25, 0.3) is 40.8 Å². The molecular formula is C27H21N7O7. The summed E-state index contributed by atoms with van der Waals surface area (Å²) in [7, 11) is 0. The Kier molecular flexibility index (Phi) is 5.91. The Balaban J connectivity index is 1.23. The van der Waals surface area contributed by atoms with Crippen molar-refractivity contribution in [2.24, 2.45) is 5.92 Å². The first-order chi connectivity index (χ1) is 20.0. The Morgan fingerprint density at radius 3 is 2.15 bits per heavy atom. The average Bonchev–Trinajstić information content (AvgIpc) is 3.79. The van der Waals surface area contributed by atoms with Gasteiger partial charge in [0.15, 0.2) is 28.7 Å². The highest BCUT2D eigenvalue weighted by molar-refractivity contribution is 5.92. The summed E-state index contributed by atoms with van der Waals surface area (Å²) in [5.74, 6) is 1.29. The maximum Gasteiger partial charge on any atom is 0.273 e. The van der Waals surface area contributed by atoms with Crippen molar-refractivity contribution in [3.8, 4) is 34.8 Å². The topological polar surface area (TPSA) is 185 Å². The van der Waals surface area contributed by atoms with E-state index in [1.165, 1.54) is 37.6 Å². The highest BCUT2D eigenvalue weighted by Gasteiger charge is 2.27. The first-order valence-electron chi connectivity index (χ1n) is 12.7. The van der Waals surface area contributed by atoms with Crippen LogP contribution in [0.4, 0.5) is 0 Å². The summed E-state index contributed by atoms with van der Waals surface area (Å²) in [6, 6.07) is -0.537. The number of nitrogens with one attached hydrogen (secondary N) is 1. The zero-order chi connectivity index (χ0) is 27.9. The Bertz CT molecular complexity index is 1860. The van der Waals surface area contributed by atoms with Crippen molar-refractivity contribution < 1.29 is 31.3 Å². The Morgan fingerprint density at radius 1 is 0.707 bits per heavy atom. The van der Waals surface area contributed by atoms with Crippen molar-refractivity contribution in [2.75, 3.05) is 0 Å². The number of nitrogens with zero attached hydrogens (tertiary/aromatic N) is 6. The zero-order valence-electron chi connectivity index (χ0n) is 21.7. The molecule has 206 valence electrons. The van der Waals surface area contributed by atoms with Gasteiger partial charge in [-0.15, -0.1) is 0 Å². The summed E-state index contributed by atoms with van der Waals surface area (Å²) < 4.78 is 33.5. The van der Waals surface area contributed by atoms with Crippen molar-refractivity contribution in [3.05, 3.63) is 78.4 Å². The lowest BCUT2D eigenvalue weighted by molar-refractivity contribution is 0.0911. The average molecular weight is 556 g/mol. The van der Waals surface area contributed by atoms with E-state index in [0.29, 0.717) is 58.5 Å². The highest BCUT2D eigenvalue weighted by atomic mass is 16.4. The molecule has 0 spiro atoms. The molecule has 6 aromatic heterocycles. The number of hydrogen-bond acceptors (Lipinski definition) is 13. The molecule has 0 saturated carbocycles. The monoisotopic (exact) mass is 555 g/mol. The number of amides is 1. The van der Waals surface area contributed by atoms with Gasteiger partial charge < -0.3 is 31.8 Å². The first-order valence-corrected chi connectivity index (χ1v) is 12.7. The number of carbonyl (C=O) groups excluding carboxylic acids is 1. The van der Waals surface area contributed by atoms with Crippen molar-refractivity contribution in [2.45, 2.75) is 32.7 Å². The molecule has 0 aliphatic carbocycles. The van der Waals surface area contributed by atoms with Gasteiger partial charge in [0, 0.05) is 6.42 Å². The first kappa shape index (κ1) is 24.5. The number of aromatic nitrogens is 6. The third-order valence-electron chi connectivity index (χ3n) is 6.23. The van der Waals surface area contributed by atoms with Gasteiger partial charge in [0.1, 0.15) is 49.3 Å². The van der Waals surface area contributed by atoms with Gasteiger partial charge in [0.05, 0.1) is 12.1 Å². The van der Waals surface area contributed by atoms with Crippen molar-refractivity contribution in [3.63, 3.8) is 0 Å². The summed E-state index contributed by atoms with van der Waals surface area (Å²) in [5.41, 5.74) is 2.36. The van der Waals surface area contributed by atoms with E-state index in [1.54, 1.807) is 6.08 Å². The number of oxazole rings is 6. The maximum atomic E-state index is 13.1. The Hall–Kier alpha value is -5.53. The molecule has 0 saturated heterocycles. The molecular weight excluding hydrogens is 534 g/mol. The van der Waals surface area contributed by atoms with Crippen LogP contribution in [0.1, 0.15) is 59.4 Å². The van der Waals surface area contributed by atoms with E-state index in [1.807, 2.05) is 19.9 Å². The molecule has 7 heterocycles. The summed E-state index contributed by atoms with van der Waals surface area (Å²) in [6.45, 7) is 3.87. The molecule has 0 radical (unpaired) electrons. The van der Waals surface area contributed by atoms with Gasteiger partial charge in [-0.3, -0.25) is 4.79 Å². The molecule has 41 heavy (non-hydrogen) atoms. The molecule has 0 aromatic carbocycles. The van der Waals surface area contributed by atoms with Crippen LogP contribution in [0.2, 0.25) is 0 Å². The second kappa shape index (κ2) is 9.89. The molecule has 14 nitrogen and oxygen atoms in total. The lowest BCUT2D eigenvalue weighted by Crippen LogP contribution is -2.32. The van der Waals surface area contributed by atoms with Gasteiger partial charge in [0.2, 0.25) is 29.5 Å². The molecule has 6 aromatic rings. The fourth-order valence-corrected chi connectivity index (χ4v) is 4.17. The van der Waals surface area contributed by atoms with Crippen LogP contribution in [0.15, 0.2) is 70.2 Å². The molecule has 14 heteroatoms. The molecule has 1 N–H and O–H groups in total. The second-order valence-corrected chi connectivity index (χ2v) is 9.56. The normalized spacial score (nSPS) is 16.3. The van der Waals surface area contributed by atoms with Crippen LogP contribution in [-0.4, -0.2) is 35.8 Å². The smallest absolute Gasteiger partial charge is 0.273 e. The summed E-state index contributed by atoms with van der Waals surface area (Å²) in [6.07, 6.45) is 12.8.